The van der Waals surface area contributed by atoms with Crippen LogP contribution in [-0.2, 0) is 9.53 Å². The van der Waals surface area contributed by atoms with Gasteiger partial charge in [0.2, 0.25) is 0 Å². The van der Waals surface area contributed by atoms with Crippen molar-refractivity contribution in [1.82, 2.24) is 4.90 Å². The lowest BCUT2D eigenvalue weighted by Gasteiger charge is -2.24. The van der Waals surface area contributed by atoms with Gasteiger partial charge in [0, 0.05) is 18.6 Å². The van der Waals surface area contributed by atoms with Crippen molar-refractivity contribution in [2.75, 3.05) is 26.3 Å². The second kappa shape index (κ2) is 3.51. The molecule has 2 heterocycles. The molecule has 0 aromatic heterocycles. The molecule has 0 aromatic rings. The fraction of sp³-hybridized carbons (Fsp3) is 0.900. The zero-order chi connectivity index (χ0) is 10.2. The van der Waals surface area contributed by atoms with Crippen molar-refractivity contribution in [3.8, 4) is 0 Å². The van der Waals surface area contributed by atoms with Gasteiger partial charge in [0.1, 0.15) is 6.04 Å². The normalized spacial score (nSPS) is 35.2. The maximum atomic E-state index is 10.8. The maximum absolute atomic E-state index is 10.8. The molecule has 0 bridgehead atoms. The zero-order valence-electron chi connectivity index (χ0n) is 8.53. The van der Waals surface area contributed by atoms with Gasteiger partial charge < -0.3 is 9.84 Å². The highest BCUT2D eigenvalue weighted by Gasteiger charge is 2.43. The number of nitrogens with zero attached hydrogens (tertiary/aromatic N) is 1. The number of hydrogen-bond acceptors (Lipinski definition) is 3. The Morgan fingerprint density at radius 1 is 1.57 bits per heavy atom. The molecular formula is C10H17NO3. The van der Waals surface area contributed by atoms with Crippen molar-refractivity contribution in [3.63, 3.8) is 0 Å². The summed E-state index contributed by atoms with van der Waals surface area (Å²) in [6.45, 7) is 5.21. The standard InChI is InChI=1S/C10H17NO3/c1-8(9(12)13)11-4-2-10(6-11)3-5-14-7-10/h8H,2-7H2,1H3,(H,12,13). The van der Waals surface area contributed by atoms with E-state index in [9.17, 15) is 4.79 Å². The number of rotatable bonds is 2. The Hall–Kier alpha value is -0.610. The third-order valence-electron chi connectivity index (χ3n) is 3.56. The van der Waals surface area contributed by atoms with Crippen LogP contribution in [0.5, 0.6) is 0 Å². The quantitative estimate of drug-likeness (QED) is 0.706. The molecule has 0 radical (unpaired) electrons. The van der Waals surface area contributed by atoms with Gasteiger partial charge in [0.05, 0.1) is 6.61 Å². The van der Waals surface area contributed by atoms with E-state index in [0.717, 1.165) is 39.1 Å². The lowest BCUT2D eigenvalue weighted by Crippen LogP contribution is -2.39. The summed E-state index contributed by atoms with van der Waals surface area (Å²) in [5.74, 6) is -0.721. The fourth-order valence-corrected chi connectivity index (χ4v) is 2.43. The molecule has 2 fully saturated rings. The number of hydrogen-bond donors (Lipinski definition) is 1. The summed E-state index contributed by atoms with van der Waals surface area (Å²) >= 11 is 0. The molecule has 0 aromatic carbocycles. The van der Waals surface area contributed by atoms with E-state index in [2.05, 4.69) is 4.90 Å². The van der Waals surface area contributed by atoms with E-state index in [-0.39, 0.29) is 11.5 Å². The largest absolute Gasteiger partial charge is 0.480 e. The van der Waals surface area contributed by atoms with Crippen LogP contribution >= 0.6 is 0 Å². The summed E-state index contributed by atoms with van der Waals surface area (Å²) in [5.41, 5.74) is 0.268. The van der Waals surface area contributed by atoms with Gasteiger partial charge in [-0.05, 0) is 26.3 Å². The van der Waals surface area contributed by atoms with Crippen LogP contribution in [0, 0.1) is 5.41 Å². The average Bonchev–Trinajstić information content (AvgIpc) is 2.76. The third-order valence-corrected chi connectivity index (χ3v) is 3.56. The lowest BCUT2D eigenvalue weighted by atomic mass is 9.87. The summed E-state index contributed by atoms with van der Waals surface area (Å²) < 4.78 is 5.40. The van der Waals surface area contributed by atoms with Crippen molar-refractivity contribution in [2.45, 2.75) is 25.8 Å². The van der Waals surface area contributed by atoms with Crippen LogP contribution in [-0.4, -0.2) is 48.3 Å². The summed E-state index contributed by atoms with van der Waals surface area (Å²) in [6.07, 6.45) is 2.18. The van der Waals surface area contributed by atoms with E-state index in [1.807, 2.05) is 0 Å². The van der Waals surface area contributed by atoms with Crippen LogP contribution in [0.15, 0.2) is 0 Å². The molecule has 2 atom stereocenters. The number of carbonyl (C=O) groups is 1. The van der Waals surface area contributed by atoms with Gasteiger partial charge in [-0.3, -0.25) is 9.69 Å². The monoisotopic (exact) mass is 199 g/mol. The van der Waals surface area contributed by atoms with Crippen molar-refractivity contribution >= 4 is 5.97 Å². The van der Waals surface area contributed by atoms with E-state index < -0.39 is 5.97 Å². The molecule has 0 aliphatic carbocycles. The Morgan fingerprint density at radius 2 is 2.36 bits per heavy atom. The molecule has 2 saturated heterocycles. The summed E-state index contributed by atoms with van der Waals surface area (Å²) in [7, 11) is 0. The predicted octanol–water partition coefficient (Wildman–Crippen LogP) is 0.572. The van der Waals surface area contributed by atoms with Crippen molar-refractivity contribution in [2.24, 2.45) is 5.41 Å². The van der Waals surface area contributed by atoms with Crippen molar-refractivity contribution in [1.29, 1.82) is 0 Å². The second-order valence-electron chi connectivity index (χ2n) is 4.54. The zero-order valence-corrected chi connectivity index (χ0v) is 8.53. The second-order valence-corrected chi connectivity index (χ2v) is 4.54. The van der Waals surface area contributed by atoms with E-state index in [4.69, 9.17) is 9.84 Å². The molecule has 0 amide bonds. The van der Waals surface area contributed by atoms with Crippen LogP contribution in [0.25, 0.3) is 0 Å². The van der Waals surface area contributed by atoms with Crippen molar-refractivity contribution < 1.29 is 14.6 Å². The molecule has 4 nitrogen and oxygen atoms in total. The minimum absolute atomic E-state index is 0.268. The first kappa shape index (κ1) is 9.93. The third kappa shape index (κ3) is 1.64. The first-order chi connectivity index (χ1) is 6.63. The molecule has 1 N–H and O–H groups in total. The van der Waals surface area contributed by atoms with Crippen LogP contribution in [0.3, 0.4) is 0 Å². The van der Waals surface area contributed by atoms with E-state index in [0.29, 0.717) is 0 Å². The molecule has 4 heteroatoms. The van der Waals surface area contributed by atoms with Crippen LogP contribution in [0.1, 0.15) is 19.8 Å². The maximum Gasteiger partial charge on any atom is 0.320 e. The van der Waals surface area contributed by atoms with E-state index in [1.54, 1.807) is 6.92 Å². The molecule has 0 saturated carbocycles. The van der Waals surface area contributed by atoms with Crippen LogP contribution < -0.4 is 0 Å². The SMILES string of the molecule is CC(C(=O)O)N1CCC2(CCOC2)C1. The van der Waals surface area contributed by atoms with Crippen LogP contribution in [0.2, 0.25) is 0 Å². The van der Waals surface area contributed by atoms with Gasteiger partial charge in [-0.2, -0.15) is 0 Å². The first-order valence-electron chi connectivity index (χ1n) is 5.18. The number of aliphatic carboxylic acids is 1. The predicted molar refractivity (Wildman–Crippen MR) is 51.2 cm³/mol. The van der Waals surface area contributed by atoms with Gasteiger partial charge in [0.15, 0.2) is 0 Å². The van der Waals surface area contributed by atoms with Crippen molar-refractivity contribution in [3.05, 3.63) is 0 Å². The Labute approximate surface area is 83.8 Å². The highest BCUT2D eigenvalue weighted by Crippen LogP contribution is 2.38. The van der Waals surface area contributed by atoms with Gasteiger partial charge >= 0.3 is 5.97 Å². The van der Waals surface area contributed by atoms with E-state index >= 15 is 0 Å². The highest BCUT2D eigenvalue weighted by molar-refractivity contribution is 5.72. The molecule has 2 aliphatic rings. The van der Waals surface area contributed by atoms with Crippen LogP contribution in [0.4, 0.5) is 0 Å². The smallest absolute Gasteiger partial charge is 0.320 e. The number of carboxylic acids is 1. The molecule has 14 heavy (non-hydrogen) atoms. The Balaban J connectivity index is 1.97. The van der Waals surface area contributed by atoms with Gasteiger partial charge in [-0.1, -0.05) is 0 Å². The average molecular weight is 199 g/mol. The highest BCUT2D eigenvalue weighted by atomic mass is 16.5. The number of carboxylic acid groups (broad SMARTS) is 1. The van der Waals surface area contributed by atoms with Gasteiger partial charge in [-0.15, -0.1) is 0 Å². The molecule has 2 rings (SSSR count). The molecule has 80 valence electrons. The summed E-state index contributed by atoms with van der Waals surface area (Å²) in [5, 5.41) is 8.90. The lowest BCUT2D eigenvalue weighted by molar-refractivity contribution is -0.142. The summed E-state index contributed by atoms with van der Waals surface area (Å²) in [6, 6.07) is -0.352. The Morgan fingerprint density at radius 3 is 2.93 bits per heavy atom. The molecule has 2 aliphatic heterocycles. The minimum Gasteiger partial charge on any atom is -0.480 e. The van der Waals surface area contributed by atoms with Gasteiger partial charge in [-0.25, -0.2) is 0 Å². The topological polar surface area (TPSA) is 49.8 Å². The number of ether oxygens (including phenoxy) is 1. The summed E-state index contributed by atoms with van der Waals surface area (Å²) in [4.78, 5) is 12.9. The molecule has 2 unspecified atom stereocenters. The first-order valence-corrected chi connectivity index (χ1v) is 5.18. The van der Waals surface area contributed by atoms with E-state index in [1.165, 1.54) is 0 Å². The fourth-order valence-electron chi connectivity index (χ4n) is 2.43. The molecule has 1 spiro atoms. The Bertz CT molecular complexity index is 236. The Kier molecular flexibility index (Phi) is 2.49. The molecular weight excluding hydrogens is 182 g/mol. The minimum atomic E-state index is -0.721. The van der Waals surface area contributed by atoms with Gasteiger partial charge in [0.25, 0.3) is 0 Å². The number of likely N-dealkylation sites (tertiary alicyclic amines) is 1.